The average molecular weight is 367 g/mol. The van der Waals surface area contributed by atoms with Crippen LogP contribution in [0.5, 0.6) is 11.5 Å². The zero-order valence-corrected chi connectivity index (χ0v) is 15.8. The van der Waals surface area contributed by atoms with Gasteiger partial charge in [0, 0.05) is 38.4 Å². The van der Waals surface area contributed by atoms with Gasteiger partial charge in [0.05, 0.1) is 0 Å². The van der Waals surface area contributed by atoms with Crippen LogP contribution in [-0.4, -0.2) is 48.8 Å². The maximum absolute atomic E-state index is 12.5. The maximum Gasteiger partial charge on any atom is 0.321 e. The number of anilines is 1. The van der Waals surface area contributed by atoms with Crippen molar-refractivity contribution in [1.82, 2.24) is 9.80 Å². The van der Waals surface area contributed by atoms with E-state index in [9.17, 15) is 4.79 Å². The Morgan fingerprint density at radius 1 is 0.963 bits per heavy atom. The van der Waals surface area contributed by atoms with Gasteiger partial charge in [-0.15, -0.1) is 0 Å². The largest absolute Gasteiger partial charge is 0.454 e. The number of aryl methyl sites for hydroxylation is 2. The van der Waals surface area contributed by atoms with Crippen molar-refractivity contribution < 1.29 is 14.3 Å². The molecule has 2 amide bonds. The van der Waals surface area contributed by atoms with E-state index in [0.29, 0.717) is 6.79 Å². The molecule has 0 radical (unpaired) electrons. The fourth-order valence-electron chi connectivity index (χ4n) is 3.43. The highest BCUT2D eigenvalue weighted by molar-refractivity contribution is 5.89. The van der Waals surface area contributed by atoms with Gasteiger partial charge < -0.3 is 19.7 Å². The molecular formula is C21H25N3O3. The molecule has 2 heterocycles. The highest BCUT2D eigenvalue weighted by Gasteiger charge is 2.22. The van der Waals surface area contributed by atoms with E-state index in [1.807, 2.05) is 35.2 Å². The van der Waals surface area contributed by atoms with Gasteiger partial charge in [0.25, 0.3) is 0 Å². The lowest BCUT2D eigenvalue weighted by Gasteiger charge is -2.34. The molecule has 27 heavy (non-hydrogen) atoms. The van der Waals surface area contributed by atoms with Gasteiger partial charge in [-0.2, -0.15) is 0 Å². The van der Waals surface area contributed by atoms with Crippen LogP contribution in [0.3, 0.4) is 0 Å². The summed E-state index contributed by atoms with van der Waals surface area (Å²) in [6.45, 7) is 8.43. The minimum absolute atomic E-state index is 0.0269. The van der Waals surface area contributed by atoms with Crippen LogP contribution < -0.4 is 14.8 Å². The first-order valence-electron chi connectivity index (χ1n) is 9.32. The number of rotatable bonds is 3. The minimum atomic E-state index is -0.0269. The molecule has 6 nitrogen and oxygen atoms in total. The maximum atomic E-state index is 12.5. The van der Waals surface area contributed by atoms with Gasteiger partial charge in [-0.05, 0) is 54.8 Å². The van der Waals surface area contributed by atoms with Crippen LogP contribution in [-0.2, 0) is 6.54 Å². The molecule has 0 unspecified atom stereocenters. The first-order valence-corrected chi connectivity index (χ1v) is 9.32. The second-order valence-corrected chi connectivity index (χ2v) is 7.18. The van der Waals surface area contributed by atoms with Crippen LogP contribution in [0, 0.1) is 13.8 Å². The number of fused-ring (bicyclic) bond motifs is 1. The Hall–Kier alpha value is -2.73. The first kappa shape index (κ1) is 17.7. The number of carbonyl (C=O) groups is 1. The number of nitrogens with zero attached hydrogens (tertiary/aromatic N) is 2. The summed E-state index contributed by atoms with van der Waals surface area (Å²) in [7, 11) is 0. The molecule has 2 aliphatic heterocycles. The van der Waals surface area contributed by atoms with E-state index in [1.54, 1.807) is 0 Å². The number of hydrogen-bond donors (Lipinski definition) is 1. The van der Waals surface area contributed by atoms with Gasteiger partial charge in [-0.1, -0.05) is 12.1 Å². The minimum Gasteiger partial charge on any atom is -0.454 e. The van der Waals surface area contributed by atoms with E-state index >= 15 is 0 Å². The number of amides is 2. The van der Waals surface area contributed by atoms with E-state index < -0.39 is 0 Å². The molecule has 2 aromatic rings. The Labute approximate surface area is 159 Å². The summed E-state index contributed by atoms with van der Waals surface area (Å²) >= 11 is 0. The Kier molecular flexibility index (Phi) is 4.90. The van der Waals surface area contributed by atoms with Gasteiger partial charge in [0.15, 0.2) is 11.5 Å². The molecule has 2 aromatic carbocycles. The van der Waals surface area contributed by atoms with Crippen LogP contribution in [0.25, 0.3) is 0 Å². The summed E-state index contributed by atoms with van der Waals surface area (Å²) in [5.41, 5.74) is 4.46. The van der Waals surface area contributed by atoms with Crippen molar-refractivity contribution in [2.24, 2.45) is 0 Å². The van der Waals surface area contributed by atoms with E-state index in [1.165, 1.54) is 16.7 Å². The average Bonchev–Trinajstić information content (AvgIpc) is 3.13. The molecule has 0 bridgehead atoms. The molecule has 0 aliphatic carbocycles. The van der Waals surface area contributed by atoms with Crippen LogP contribution in [0.15, 0.2) is 36.4 Å². The SMILES string of the molecule is Cc1ccc(NC(=O)N2CCN(Cc3ccc4c(c3)OCO4)CC2)cc1C. The number of ether oxygens (including phenoxy) is 2. The number of hydrogen-bond acceptors (Lipinski definition) is 4. The molecule has 4 rings (SSSR count). The molecule has 1 fully saturated rings. The van der Waals surface area contributed by atoms with Crippen molar-refractivity contribution in [3.63, 3.8) is 0 Å². The van der Waals surface area contributed by atoms with Gasteiger partial charge in [-0.25, -0.2) is 4.79 Å². The molecule has 2 aliphatic rings. The fraction of sp³-hybridized carbons (Fsp3) is 0.381. The summed E-state index contributed by atoms with van der Waals surface area (Å²) in [6.07, 6.45) is 0. The standard InChI is InChI=1S/C21H25N3O3/c1-15-3-5-18(11-16(15)2)22-21(25)24-9-7-23(8-10-24)13-17-4-6-19-20(12-17)27-14-26-19/h3-6,11-12H,7-10,13-14H2,1-2H3,(H,22,25). The topological polar surface area (TPSA) is 54.0 Å². The molecule has 0 saturated carbocycles. The second kappa shape index (κ2) is 7.48. The summed E-state index contributed by atoms with van der Waals surface area (Å²) in [5.74, 6) is 1.63. The Morgan fingerprint density at radius 3 is 2.52 bits per heavy atom. The van der Waals surface area contributed by atoms with Gasteiger partial charge in [0.1, 0.15) is 0 Å². The zero-order chi connectivity index (χ0) is 18.8. The van der Waals surface area contributed by atoms with Gasteiger partial charge in [-0.3, -0.25) is 4.90 Å². The van der Waals surface area contributed by atoms with Crippen molar-refractivity contribution in [1.29, 1.82) is 0 Å². The first-order chi connectivity index (χ1) is 13.1. The quantitative estimate of drug-likeness (QED) is 0.904. The predicted octanol–water partition coefficient (Wildman–Crippen LogP) is 3.38. The molecule has 0 aromatic heterocycles. The Morgan fingerprint density at radius 2 is 1.74 bits per heavy atom. The van der Waals surface area contributed by atoms with Crippen molar-refractivity contribution in [3.05, 3.63) is 53.1 Å². The molecule has 1 saturated heterocycles. The summed E-state index contributed by atoms with van der Waals surface area (Å²) in [6, 6.07) is 12.1. The molecule has 0 atom stereocenters. The van der Waals surface area contributed by atoms with E-state index in [0.717, 1.165) is 49.9 Å². The summed E-state index contributed by atoms with van der Waals surface area (Å²) in [4.78, 5) is 16.8. The normalized spacial score (nSPS) is 16.4. The van der Waals surface area contributed by atoms with E-state index in [2.05, 4.69) is 30.1 Å². The number of urea groups is 1. The summed E-state index contributed by atoms with van der Waals surface area (Å²) in [5, 5.41) is 3.01. The van der Waals surface area contributed by atoms with Gasteiger partial charge in [0.2, 0.25) is 6.79 Å². The summed E-state index contributed by atoms with van der Waals surface area (Å²) < 4.78 is 10.8. The molecule has 0 spiro atoms. The van der Waals surface area contributed by atoms with Crippen LogP contribution in [0.2, 0.25) is 0 Å². The van der Waals surface area contributed by atoms with Crippen molar-refractivity contribution in [2.45, 2.75) is 20.4 Å². The molecule has 1 N–H and O–H groups in total. The lowest BCUT2D eigenvalue weighted by Crippen LogP contribution is -2.49. The number of nitrogens with one attached hydrogen (secondary N) is 1. The third-order valence-electron chi connectivity index (χ3n) is 5.26. The fourth-order valence-corrected chi connectivity index (χ4v) is 3.43. The van der Waals surface area contributed by atoms with Crippen molar-refractivity contribution in [3.8, 4) is 11.5 Å². The van der Waals surface area contributed by atoms with Crippen LogP contribution in [0.1, 0.15) is 16.7 Å². The number of carbonyl (C=O) groups excluding carboxylic acids is 1. The third kappa shape index (κ3) is 4.01. The van der Waals surface area contributed by atoms with E-state index in [4.69, 9.17) is 9.47 Å². The third-order valence-corrected chi connectivity index (χ3v) is 5.26. The monoisotopic (exact) mass is 367 g/mol. The lowest BCUT2D eigenvalue weighted by molar-refractivity contribution is 0.143. The van der Waals surface area contributed by atoms with E-state index in [-0.39, 0.29) is 6.03 Å². The molecule has 6 heteroatoms. The second-order valence-electron chi connectivity index (χ2n) is 7.18. The molecule has 142 valence electrons. The van der Waals surface area contributed by atoms with Crippen LogP contribution in [0.4, 0.5) is 10.5 Å². The lowest BCUT2D eigenvalue weighted by atomic mass is 10.1. The smallest absolute Gasteiger partial charge is 0.321 e. The van der Waals surface area contributed by atoms with Crippen molar-refractivity contribution >= 4 is 11.7 Å². The zero-order valence-electron chi connectivity index (χ0n) is 15.8. The highest BCUT2D eigenvalue weighted by atomic mass is 16.7. The highest BCUT2D eigenvalue weighted by Crippen LogP contribution is 2.32. The van der Waals surface area contributed by atoms with Crippen LogP contribution >= 0.6 is 0 Å². The Balaban J connectivity index is 1.29. The Bertz CT molecular complexity index is 845. The van der Waals surface area contributed by atoms with Gasteiger partial charge >= 0.3 is 6.03 Å². The number of piperazine rings is 1. The number of benzene rings is 2. The molecular weight excluding hydrogens is 342 g/mol. The van der Waals surface area contributed by atoms with Crippen molar-refractivity contribution in [2.75, 3.05) is 38.3 Å². The predicted molar refractivity (Wildman–Crippen MR) is 104 cm³/mol.